The molecule has 1 aliphatic heterocycles. The Kier molecular flexibility index (Phi) is 3.54. The number of nitrogens with zero attached hydrogens (tertiary/aromatic N) is 1. The summed E-state index contributed by atoms with van der Waals surface area (Å²) in [6, 6.07) is 5.09. The number of benzene rings is 1. The van der Waals surface area contributed by atoms with Gasteiger partial charge in [-0.2, -0.15) is 0 Å². The predicted molar refractivity (Wildman–Crippen MR) is 67.9 cm³/mol. The van der Waals surface area contributed by atoms with E-state index in [1.807, 2.05) is 0 Å². The lowest BCUT2D eigenvalue weighted by Gasteiger charge is -2.16. The molecule has 1 heterocycles. The summed E-state index contributed by atoms with van der Waals surface area (Å²) < 4.78 is 0. The highest BCUT2D eigenvalue weighted by atomic mass is 35.5. The molecule has 0 radical (unpaired) electrons. The number of likely N-dealkylation sites (tertiary alicyclic amines) is 1. The lowest BCUT2D eigenvalue weighted by Crippen LogP contribution is -2.24. The van der Waals surface area contributed by atoms with Crippen LogP contribution in [0.2, 0.25) is 5.02 Å². The fraction of sp³-hybridized carbons (Fsp3) is 0.417. The number of aromatic carboxylic acids is 1. The zero-order valence-corrected chi connectivity index (χ0v) is 10.4. The van der Waals surface area contributed by atoms with Crippen molar-refractivity contribution in [3.8, 4) is 0 Å². The monoisotopic (exact) mass is 254 g/mol. The molecule has 2 rings (SSSR count). The quantitative estimate of drug-likeness (QED) is 0.868. The van der Waals surface area contributed by atoms with Crippen molar-refractivity contribution in [2.45, 2.75) is 12.5 Å². The van der Waals surface area contributed by atoms with Crippen LogP contribution in [-0.2, 0) is 0 Å². The van der Waals surface area contributed by atoms with Crippen molar-refractivity contribution in [2.75, 3.05) is 25.5 Å². The summed E-state index contributed by atoms with van der Waals surface area (Å²) in [4.78, 5) is 13.3. The first-order valence-electron chi connectivity index (χ1n) is 5.54. The Morgan fingerprint density at radius 2 is 2.35 bits per heavy atom. The van der Waals surface area contributed by atoms with Gasteiger partial charge in [0.15, 0.2) is 0 Å². The van der Waals surface area contributed by atoms with E-state index < -0.39 is 5.97 Å². The van der Waals surface area contributed by atoms with E-state index in [1.165, 1.54) is 6.07 Å². The van der Waals surface area contributed by atoms with E-state index in [4.69, 9.17) is 16.7 Å². The average molecular weight is 255 g/mol. The van der Waals surface area contributed by atoms with Gasteiger partial charge >= 0.3 is 5.97 Å². The standard InChI is InChI=1S/C12H15ClN2O2/c1-15-5-4-9(7-15)14-11-6-8(13)2-3-10(11)12(16)17/h2-3,6,9,14H,4-5,7H2,1H3,(H,16,17). The van der Waals surface area contributed by atoms with Crippen LogP contribution in [0.4, 0.5) is 5.69 Å². The SMILES string of the molecule is CN1CCC(Nc2cc(Cl)ccc2C(=O)O)C1. The fourth-order valence-electron chi connectivity index (χ4n) is 2.10. The van der Waals surface area contributed by atoms with Gasteiger partial charge in [-0.15, -0.1) is 0 Å². The van der Waals surface area contributed by atoms with Crippen molar-refractivity contribution >= 4 is 23.3 Å². The molecule has 1 unspecified atom stereocenters. The van der Waals surface area contributed by atoms with Gasteiger partial charge < -0.3 is 15.3 Å². The minimum Gasteiger partial charge on any atom is -0.478 e. The number of halogens is 1. The van der Waals surface area contributed by atoms with Crippen LogP contribution in [0.15, 0.2) is 18.2 Å². The van der Waals surface area contributed by atoms with E-state index in [-0.39, 0.29) is 11.6 Å². The molecule has 0 aromatic heterocycles. The number of nitrogens with one attached hydrogen (secondary N) is 1. The number of carbonyl (C=O) groups is 1. The maximum absolute atomic E-state index is 11.1. The van der Waals surface area contributed by atoms with Gasteiger partial charge in [0.1, 0.15) is 0 Å². The Morgan fingerprint density at radius 3 is 2.94 bits per heavy atom. The van der Waals surface area contributed by atoms with Gasteiger partial charge in [-0.1, -0.05) is 11.6 Å². The summed E-state index contributed by atoms with van der Waals surface area (Å²) in [5.41, 5.74) is 0.870. The Balaban J connectivity index is 2.19. The number of hydrogen-bond donors (Lipinski definition) is 2. The maximum atomic E-state index is 11.1. The zero-order chi connectivity index (χ0) is 12.4. The third-order valence-electron chi connectivity index (χ3n) is 2.96. The van der Waals surface area contributed by atoms with Crippen molar-refractivity contribution in [1.29, 1.82) is 0 Å². The first kappa shape index (κ1) is 12.2. The van der Waals surface area contributed by atoms with E-state index in [1.54, 1.807) is 12.1 Å². The van der Waals surface area contributed by atoms with Gasteiger partial charge in [0, 0.05) is 17.6 Å². The fourth-order valence-corrected chi connectivity index (χ4v) is 2.27. The van der Waals surface area contributed by atoms with Crippen molar-refractivity contribution in [3.05, 3.63) is 28.8 Å². The predicted octanol–water partition coefficient (Wildman–Crippen LogP) is 2.15. The molecule has 0 spiro atoms. The van der Waals surface area contributed by atoms with Crippen LogP contribution in [0, 0.1) is 0 Å². The molecule has 92 valence electrons. The normalized spacial score (nSPS) is 20.5. The van der Waals surface area contributed by atoms with Crippen LogP contribution in [0.3, 0.4) is 0 Å². The van der Waals surface area contributed by atoms with Crippen LogP contribution in [0.25, 0.3) is 0 Å². The maximum Gasteiger partial charge on any atom is 0.337 e. The molecular formula is C12H15ClN2O2. The largest absolute Gasteiger partial charge is 0.478 e. The summed E-state index contributed by atoms with van der Waals surface area (Å²) in [7, 11) is 2.05. The Bertz CT molecular complexity index is 437. The van der Waals surface area contributed by atoms with Crippen LogP contribution in [-0.4, -0.2) is 42.2 Å². The number of anilines is 1. The number of hydrogen-bond acceptors (Lipinski definition) is 3. The molecule has 2 N–H and O–H groups in total. The van der Waals surface area contributed by atoms with Crippen molar-refractivity contribution in [3.63, 3.8) is 0 Å². The van der Waals surface area contributed by atoms with Gasteiger partial charge in [-0.05, 0) is 38.2 Å². The smallest absolute Gasteiger partial charge is 0.337 e. The molecule has 0 aliphatic carbocycles. The second kappa shape index (κ2) is 4.94. The Hall–Kier alpha value is -1.26. The number of rotatable bonds is 3. The van der Waals surface area contributed by atoms with Gasteiger partial charge in [-0.25, -0.2) is 4.79 Å². The second-order valence-electron chi connectivity index (χ2n) is 4.39. The van der Waals surface area contributed by atoms with Gasteiger partial charge in [0.25, 0.3) is 0 Å². The minimum atomic E-state index is -0.935. The third kappa shape index (κ3) is 2.90. The highest BCUT2D eigenvalue weighted by molar-refractivity contribution is 6.31. The van der Waals surface area contributed by atoms with Gasteiger partial charge in [-0.3, -0.25) is 0 Å². The molecule has 1 fully saturated rings. The molecule has 1 aromatic carbocycles. The second-order valence-corrected chi connectivity index (χ2v) is 4.82. The van der Waals surface area contributed by atoms with Gasteiger partial charge in [0.05, 0.1) is 11.3 Å². The molecule has 1 aromatic rings. The Morgan fingerprint density at radius 1 is 1.59 bits per heavy atom. The average Bonchev–Trinajstić information content (AvgIpc) is 2.63. The number of carboxylic acids is 1. The molecule has 17 heavy (non-hydrogen) atoms. The summed E-state index contributed by atoms with van der Waals surface area (Å²) >= 11 is 5.89. The molecule has 0 amide bonds. The molecule has 1 aliphatic rings. The topological polar surface area (TPSA) is 52.6 Å². The summed E-state index contributed by atoms with van der Waals surface area (Å²) in [5, 5.41) is 12.9. The first-order valence-corrected chi connectivity index (χ1v) is 5.92. The molecule has 0 saturated carbocycles. The minimum absolute atomic E-state index is 0.268. The summed E-state index contributed by atoms with van der Waals surface area (Å²) in [6.07, 6.45) is 1.02. The molecule has 1 saturated heterocycles. The zero-order valence-electron chi connectivity index (χ0n) is 9.61. The van der Waals surface area contributed by atoms with E-state index in [0.717, 1.165) is 19.5 Å². The first-order chi connectivity index (χ1) is 8.06. The van der Waals surface area contributed by atoms with E-state index in [0.29, 0.717) is 10.7 Å². The summed E-state index contributed by atoms with van der Waals surface area (Å²) in [6.45, 7) is 1.95. The van der Waals surface area contributed by atoms with Gasteiger partial charge in [0.2, 0.25) is 0 Å². The molecule has 1 atom stereocenters. The lowest BCUT2D eigenvalue weighted by atomic mass is 10.1. The van der Waals surface area contributed by atoms with Crippen LogP contribution in [0.1, 0.15) is 16.8 Å². The van der Waals surface area contributed by atoms with Crippen LogP contribution < -0.4 is 5.32 Å². The molecular weight excluding hydrogens is 240 g/mol. The summed E-state index contributed by atoms with van der Waals surface area (Å²) in [5.74, 6) is -0.935. The molecule has 4 nitrogen and oxygen atoms in total. The van der Waals surface area contributed by atoms with E-state index >= 15 is 0 Å². The van der Waals surface area contributed by atoms with Crippen molar-refractivity contribution < 1.29 is 9.90 Å². The van der Waals surface area contributed by atoms with Crippen molar-refractivity contribution in [2.24, 2.45) is 0 Å². The van der Waals surface area contributed by atoms with Crippen LogP contribution in [0.5, 0.6) is 0 Å². The highest BCUT2D eigenvalue weighted by Gasteiger charge is 2.21. The highest BCUT2D eigenvalue weighted by Crippen LogP contribution is 2.23. The number of likely N-dealkylation sites (N-methyl/N-ethyl adjacent to an activating group) is 1. The number of carboxylic acid groups (broad SMARTS) is 1. The van der Waals surface area contributed by atoms with Crippen LogP contribution >= 0.6 is 11.6 Å². The third-order valence-corrected chi connectivity index (χ3v) is 3.20. The lowest BCUT2D eigenvalue weighted by molar-refractivity contribution is 0.0698. The molecule has 0 bridgehead atoms. The van der Waals surface area contributed by atoms with E-state index in [2.05, 4.69) is 17.3 Å². The molecule has 5 heteroatoms. The van der Waals surface area contributed by atoms with Crippen molar-refractivity contribution in [1.82, 2.24) is 4.90 Å². The van der Waals surface area contributed by atoms with E-state index in [9.17, 15) is 4.79 Å². The Labute approximate surface area is 105 Å².